The second-order valence-corrected chi connectivity index (χ2v) is 7.39. The SMILES string of the molecule is Cc1cc(C)cc(NC(=O)[C@H]2Nc3cc(F)ccc3S(=O)(=O)N2)c1. The molecule has 2 aromatic carbocycles. The molecule has 0 spiro atoms. The van der Waals surface area contributed by atoms with E-state index in [4.69, 9.17) is 0 Å². The second-order valence-electron chi connectivity index (χ2n) is 5.70. The molecule has 0 fully saturated rings. The molecule has 1 aliphatic heterocycles. The number of hydrogen-bond acceptors (Lipinski definition) is 4. The minimum absolute atomic E-state index is 0.0503. The largest absolute Gasteiger partial charge is 0.360 e. The zero-order valence-corrected chi connectivity index (χ0v) is 13.9. The van der Waals surface area contributed by atoms with E-state index in [-0.39, 0.29) is 10.6 Å². The van der Waals surface area contributed by atoms with Crippen LogP contribution in [0.5, 0.6) is 0 Å². The quantitative estimate of drug-likeness (QED) is 0.775. The van der Waals surface area contributed by atoms with Gasteiger partial charge in [0.05, 0.1) is 5.69 Å². The Morgan fingerprint density at radius 1 is 1.12 bits per heavy atom. The van der Waals surface area contributed by atoms with Gasteiger partial charge in [0.2, 0.25) is 10.0 Å². The third-order valence-corrected chi connectivity index (χ3v) is 5.04. The summed E-state index contributed by atoms with van der Waals surface area (Å²) in [5.74, 6) is -1.18. The molecule has 0 aromatic heterocycles. The maximum absolute atomic E-state index is 13.4. The molecule has 0 unspecified atom stereocenters. The van der Waals surface area contributed by atoms with Crippen LogP contribution in [0.15, 0.2) is 41.3 Å². The molecular formula is C16H16FN3O3S. The summed E-state index contributed by atoms with van der Waals surface area (Å²) < 4.78 is 40.0. The highest BCUT2D eigenvalue weighted by Gasteiger charge is 2.33. The van der Waals surface area contributed by atoms with Gasteiger partial charge >= 0.3 is 0 Å². The first kappa shape index (κ1) is 16.4. The second kappa shape index (κ2) is 5.88. The Kier molecular flexibility index (Phi) is 4.02. The zero-order valence-electron chi connectivity index (χ0n) is 13.1. The summed E-state index contributed by atoms with van der Waals surface area (Å²) in [7, 11) is -3.90. The molecule has 0 radical (unpaired) electrons. The molecule has 0 bridgehead atoms. The molecule has 0 saturated carbocycles. The van der Waals surface area contributed by atoms with Gasteiger partial charge in [-0.05, 0) is 55.3 Å². The number of hydrogen-bond donors (Lipinski definition) is 3. The van der Waals surface area contributed by atoms with Crippen molar-refractivity contribution < 1.29 is 17.6 Å². The van der Waals surface area contributed by atoms with Crippen molar-refractivity contribution in [2.75, 3.05) is 10.6 Å². The molecule has 3 rings (SSSR count). The highest BCUT2D eigenvalue weighted by atomic mass is 32.2. The maximum Gasteiger partial charge on any atom is 0.262 e. The highest BCUT2D eigenvalue weighted by Crippen LogP contribution is 2.27. The summed E-state index contributed by atoms with van der Waals surface area (Å²) in [6, 6.07) is 8.75. The van der Waals surface area contributed by atoms with E-state index < -0.39 is 27.9 Å². The molecule has 1 atom stereocenters. The van der Waals surface area contributed by atoms with Gasteiger partial charge in [-0.15, -0.1) is 0 Å². The van der Waals surface area contributed by atoms with Crippen LogP contribution >= 0.6 is 0 Å². The summed E-state index contributed by atoms with van der Waals surface area (Å²) in [5, 5.41) is 5.35. The number of fused-ring (bicyclic) bond motifs is 1. The van der Waals surface area contributed by atoms with Gasteiger partial charge in [-0.3, -0.25) is 4.79 Å². The van der Waals surface area contributed by atoms with Gasteiger partial charge in [-0.25, -0.2) is 12.8 Å². The lowest BCUT2D eigenvalue weighted by molar-refractivity contribution is -0.117. The highest BCUT2D eigenvalue weighted by molar-refractivity contribution is 7.89. The molecule has 6 nitrogen and oxygen atoms in total. The van der Waals surface area contributed by atoms with Crippen molar-refractivity contribution in [3.8, 4) is 0 Å². The summed E-state index contributed by atoms with van der Waals surface area (Å²) in [6.45, 7) is 3.78. The predicted octanol–water partition coefficient (Wildman–Crippen LogP) is 2.11. The first-order valence-electron chi connectivity index (χ1n) is 7.22. The van der Waals surface area contributed by atoms with Crippen LogP contribution in [0, 0.1) is 19.7 Å². The van der Waals surface area contributed by atoms with Gasteiger partial charge in [0.15, 0.2) is 6.17 Å². The molecule has 1 amide bonds. The summed E-state index contributed by atoms with van der Waals surface area (Å²) in [5.41, 5.74) is 2.54. The summed E-state index contributed by atoms with van der Waals surface area (Å²) >= 11 is 0. The van der Waals surface area contributed by atoms with Crippen molar-refractivity contribution in [2.45, 2.75) is 24.9 Å². The van der Waals surface area contributed by atoms with Crippen molar-refractivity contribution >= 4 is 27.3 Å². The monoisotopic (exact) mass is 349 g/mol. The molecule has 3 N–H and O–H groups in total. The van der Waals surface area contributed by atoms with Crippen LogP contribution in [0.25, 0.3) is 0 Å². The fraction of sp³-hybridized carbons (Fsp3) is 0.188. The number of aryl methyl sites for hydroxylation is 2. The number of rotatable bonds is 2. The molecule has 8 heteroatoms. The lowest BCUT2D eigenvalue weighted by Gasteiger charge is -2.27. The Balaban J connectivity index is 1.86. The Morgan fingerprint density at radius 2 is 1.79 bits per heavy atom. The van der Waals surface area contributed by atoms with Gasteiger partial charge in [0.1, 0.15) is 10.7 Å². The van der Waals surface area contributed by atoms with Crippen LogP contribution < -0.4 is 15.4 Å². The first-order chi connectivity index (χ1) is 11.2. The van der Waals surface area contributed by atoms with Crippen LogP contribution in [-0.2, 0) is 14.8 Å². The van der Waals surface area contributed by atoms with Gasteiger partial charge in [-0.1, -0.05) is 6.07 Å². The summed E-state index contributed by atoms with van der Waals surface area (Å²) in [4.78, 5) is 12.3. The van der Waals surface area contributed by atoms with E-state index in [0.29, 0.717) is 5.69 Å². The van der Waals surface area contributed by atoms with E-state index in [0.717, 1.165) is 29.3 Å². The molecule has 24 heavy (non-hydrogen) atoms. The first-order valence-corrected chi connectivity index (χ1v) is 8.70. The standard InChI is InChI=1S/C16H16FN3O3S/c1-9-5-10(2)7-12(6-9)18-16(21)15-19-13-8-11(17)3-4-14(13)24(22,23)20-15/h3-8,15,19-20H,1-2H3,(H,18,21)/t15-/m0/s1. The van der Waals surface area contributed by atoms with Crippen LogP contribution in [-0.4, -0.2) is 20.5 Å². The number of nitrogens with one attached hydrogen (secondary N) is 3. The lowest BCUT2D eigenvalue weighted by Crippen LogP contribution is -2.51. The Hall–Kier alpha value is -2.45. The van der Waals surface area contributed by atoms with Crippen molar-refractivity contribution in [1.29, 1.82) is 0 Å². The van der Waals surface area contributed by atoms with E-state index in [2.05, 4.69) is 15.4 Å². The number of anilines is 2. The molecular weight excluding hydrogens is 333 g/mol. The maximum atomic E-state index is 13.4. The predicted molar refractivity (Wildman–Crippen MR) is 88.7 cm³/mol. The number of sulfonamides is 1. The molecule has 126 valence electrons. The molecule has 1 aliphatic rings. The van der Waals surface area contributed by atoms with E-state index in [1.165, 1.54) is 0 Å². The van der Waals surface area contributed by atoms with E-state index in [1.807, 2.05) is 19.9 Å². The van der Waals surface area contributed by atoms with Crippen LogP contribution in [0.4, 0.5) is 15.8 Å². The number of carbonyl (C=O) groups excluding carboxylic acids is 1. The number of carbonyl (C=O) groups is 1. The summed E-state index contributed by atoms with van der Waals surface area (Å²) in [6.07, 6.45) is -1.23. The van der Waals surface area contributed by atoms with Crippen LogP contribution in [0.2, 0.25) is 0 Å². The van der Waals surface area contributed by atoms with Crippen molar-refractivity contribution in [2.24, 2.45) is 0 Å². The topological polar surface area (TPSA) is 87.3 Å². The minimum atomic E-state index is -3.90. The third-order valence-electron chi connectivity index (χ3n) is 3.56. The smallest absolute Gasteiger partial charge is 0.262 e. The van der Waals surface area contributed by atoms with Crippen LogP contribution in [0.1, 0.15) is 11.1 Å². The van der Waals surface area contributed by atoms with Crippen LogP contribution in [0.3, 0.4) is 0 Å². The Bertz CT molecular complexity index is 908. The van der Waals surface area contributed by atoms with E-state index in [9.17, 15) is 17.6 Å². The van der Waals surface area contributed by atoms with E-state index in [1.54, 1.807) is 12.1 Å². The minimum Gasteiger partial charge on any atom is -0.360 e. The average Bonchev–Trinajstić information content (AvgIpc) is 2.44. The van der Waals surface area contributed by atoms with Crippen molar-refractivity contribution in [3.05, 3.63) is 53.3 Å². The average molecular weight is 349 g/mol. The molecule has 2 aromatic rings. The van der Waals surface area contributed by atoms with Gasteiger partial charge in [0, 0.05) is 5.69 Å². The van der Waals surface area contributed by atoms with Gasteiger partial charge in [-0.2, -0.15) is 4.72 Å². The molecule has 1 heterocycles. The normalized spacial score (nSPS) is 18.4. The van der Waals surface area contributed by atoms with Crippen molar-refractivity contribution in [3.63, 3.8) is 0 Å². The van der Waals surface area contributed by atoms with Gasteiger partial charge in [0.25, 0.3) is 5.91 Å². The number of halogens is 1. The number of amides is 1. The third kappa shape index (κ3) is 3.24. The fourth-order valence-electron chi connectivity index (χ4n) is 2.63. The number of benzene rings is 2. The van der Waals surface area contributed by atoms with Crippen molar-refractivity contribution in [1.82, 2.24) is 4.72 Å². The Labute approximate surface area is 139 Å². The van der Waals surface area contributed by atoms with Gasteiger partial charge < -0.3 is 10.6 Å². The molecule has 0 aliphatic carbocycles. The zero-order chi connectivity index (χ0) is 17.5. The molecule has 0 saturated heterocycles. The fourth-order valence-corrected chi connectivity index (χ4v) is 3.89. The lowest BCUT2D eigenvalue weighted by atomic mass is 10.1. The Morgan fingerprint density at radius 3 is 2.46 bits per heavy atom. The van der Waals surface area contributed by atoms with E-state index >= 15 is 0 Å².